The van der Waals surface area contributed by atoms with E-state index in [1.54, 1.807) is 0 Å². The standard InChI is InChI=1S/C13H27N3/c1-4-11-8-14-9-13(11)16-7-6-15(3)12(5-2)10-16/h11-14H,4-10H2,1-3H3. The summed E-state index contributed by atoms with van der Waals surface area (Å²) in [5, 5.41) is 3.56. The van der Waals surface area contributed by atoms with Crippen LogP contribution in [0, 0.1) is 5.92 Å². The predicted molar refractivity (Wildman–Crippen MR) is 68.7 cm³/mol. The normalized spacial score (nSPS) is 38.1. The molecule has 0 aromatic rings. The van der Waals surface area contributed by atoms with E-state index in [0.29, 0.717) is 0 Å². The number of hydrogen-bond donors (Lipinski definition) is 1. The molecular formula is C13H27N3. The molecule has 16 heavy (non-hydrogen) atoms. The van der Waals surface area contributed by atoms with E-state index < -0.39 is 0 Å². The van der Waals surface area contributed by atoms with Gasteiger partial charge in [-0.25, -0.2) is 0 Å². The fourth-order valence-corrected chi connectivity index (χ4v) is 3.28. The van der Waals surface area contributed by atoms with Gasteiger partial charge in [0.25, 0.3) is 0 Å². The topological polar surface area (TPSA) is 18.5 Å². The molecule has 0 radical (unpaired) electrons. The Labute approximate surface area is 100 Å². The van der Waals surface area contributed by atoms with Gasteiger partial charge in [0.05, 0.1) is 0 Å². The fourth-order valence-electron chi connectivity index (χ4n) is 3.28. The monoisotopic (exact) mass is 225 g/mol. The molecule has 0 saturated carbocycles. The van der Waals surface area contributed by atoms with E-state index in [4.69, 9.17) is 0 Å². The Hall–Kier alpha value is -0.120. The zero-order chi connectivity index (χ0) is 11.5. The largest absolute Gasteiger partial charge is 0.315 e. The summed E-state index contributed by atoms with van der Waals surface area (Å²) in [7, 11) is 2.27. The summed E-state index contributed by atoms with van der Waals surface area (Å²) in [5.41, 5.74) is 0. The van der Waals surface area contributed by atoms with Gasteiger partial charge < -0.3 is 10.2 Å². The van der Waals surface area contributed by atoms with Crippen LogP contribution in [0.5, 0.6) is 0 Å². The molecule has 2 fully saturated rings. The third-order valence-electron chi connectivity index (χ3n) is 4.58. The van der Waals surface area contributed by atoms with Gasteiger partial charge in [0.15, 0.2) is 0 Å². The molecule has 2 saturated heterocycles. The Bertz CT molecular complexity index is 219. The van der Waals surface area contributed by atoms with Crippen molar-refractivity contribution in [3.05, 3.63) is 0 Å². The SMILES string of the molecule is CCC1CNCC1N1CCN(C)C(CC)C1. The van der Waals surface area contributed by atoms with Crippen LogP contribution in [-0.4, -0.2) is 61.7 Å². The molecule has 3 unspecified atom stereocenters. The highest BCUT2D eigenvalue weighted by Gasteiger charge is 2.34. The van der Waals surface area contributed by atoms with Gasteiger partial charge in [0, 0.05) is 38.3 Å². The first-order valence-electron chi connectivity index (χ1n) is 6.91. The summed E-state index contributed by atoms with van der Waals surface area (Å²) in [5.74, 6) is 0.876. The van der Waals surface area contributed by atoms with E-state index in [0.717, 1.165) is 18.0 Å². The Kier molecular flexibility index (Phi) is 4.22. The van der Waals surface area contributed by atoms with Gasteiger partial charge in [-0.05, 0) is 25.9 Å². The Morgan fingerprint density at radius 3 is 2.62 bits per heavy atom. The summed E-state index contributed by atoms with van der Waals surface area (Å²) in [6, 6.07) is 1.57. The molecular weight excluding hydrogens is 198 g/mol. The second-order valence-electron chi connectivity index (χ2n) is 5.43. The van der Waals surface area contributed by atoms with Crippen molar-refractivity contribution in [2.24, 2.45) is 5.92 Å². The Morgan fingerprint density at radius 1 is 1.12 bits per heavy atom. The molecule has 2 aliphatic rings. The summed E-state index contributed by atoms with van der Waals surface area (Å²) in [4.78, 5) is 5.27. The third-order valence-corrected chi connectivity index (χ3v) is 4.58. The highest BCUT2D eigenvalue weighted by atomic mass is 15.3. The molecule has 94 valence electrons. The average molecular weight is 225 g/mol. The lowest BCUT2D eigenvalue weighted by molar-refractivity contribution is 0.0539. The summed E-state index contributed by atoms with van der Waals surface area (Å²) in [6.07, 6.45) is 2.60. The molecule has 1 N–H and O–H groups in total. The highest BCUT2D eigenvalue weighted by Crippen LogP contribution is 2.22. The van der Waals surface area contributed by atoms with Gasteiger partial charge >= 0.3 is 0 Å². The Balaban J connectivity index is 1.94. The summed E-state index contributed by atoms with van der Waals surface area (Å²) >= 11 is 0. The molecule has 2 heterocycles. The van der Waals surface area contributed by atoms with Crippen LogP contribution in [0.15, 0.2) is 0 Å². The minimum Gasteiger partial charge on any atom is -0.315 e. The van der Waals surface area contributed by atoms with Crippen LogP contribution in [-0.2, 0) is 0 Å². The van der Waals surface area contributed by atoms with E-state index in [9.17, 15) is 0 Å². The van der Waals surface area contributed by atoms with E-state index in [-0.39, 0.29) is 0 Å². The molecule has 0 bridgehead atoms. The minimum absolute atomic E-state index is 0.770. The molecule has 3 heteroatoms. The van der Waals surface area contributed by atoms with Crippen molar-refractivity contribution in [2.45, 2.75) is 38.8 Å². The predicted octanol–water partition coefficient (Wildman–Crippen LogP) is 1.01. The summed E-state index contributed by atoms with van der Waals surface area (Å²) in [6.45, 7) is 10.9. The number of piperazine rings is 1. The zero-order valence-electron chi connectivity index (χ0n) is 11.1. The lowest BCUT2D eigenvalue weighted by Gasteiger charge is -2.43. The van der Waals surface area contributed by atoms with Gasteiger partial charge in [-0.1, -0.05) is 20.3 Å². The maximum atomic E-state index is 3.56. The van der Waals surface area contributed by atoms with Crippen molar-refractivity contribution in [3.63, 3.8) is 0 Å². The fraction of sp³-hybridized carbons (Fsp3) is 1.00. The maximum absolute atomic E-state index is 3.56. The molecule has 0 aromatic carbocycles. The average Bonchev–Trinajstić information content (AvgIpc) is 2.78. The second kappa shape index (κ2) is 5.48. The Morgan fingerprint density at radius 2 is 1.94 bits per heavy atom. The van der Waals surface area contributed by atoms with Gasteiger partial charge in [-0.2, -0.15) is 0 Å². The first-order chi connectivity index (χ1) is 7.76. The van der Waals surface area contributed by atoms with Crippen LogP contribution in [0.2, 0.25) is 0 Å². The molecule has 2 aliphatic heterocycles. The van der Waals surface area contributed by atoms with Gasteiger partial charge in [0.2, 0.25) is 0 Å². The van der Waals surface area contributed by atoms with Crippen molar-refractivity contribution in [2.75, 3.05) is 39.8 Å². The van der Waals surface area contributed by atoms with E-state index in [2.05, 4.69) is 36.0 Å². The smallest absolute Gasteiger partial charge is 0.0262 e. The van der Waals surface area contributed by atoms with E-state index in [1.807, 2.05) is 0 Å². The zero-order valence-corrected chi connectivity index (χ0v) is 11.1. The quantitative estimate of drug-likeness (QED) is 0.773. The molecule has 0 amide bonds. The number of nitrogens with zero attached hydrogens (tertiary/aromatic N) is 2. The van der Waals surface area contributed by atoms with Gasteiger partial charge in [-0.3, -0.25) is 4.90 Å². The second-order valence-corrected chi connectivity index (χ2v) is 5.43. The van der Waals surface area contributed by atoms with E-state index >= 15 is 0 Å². The minimum atomic E-state index is 0.770. The van der Waals surface area contributed by atoms with Crippen molar-refractivity contribution in [3.8, 4) is 0 Å². The van der Waals surface area contributed by atoms with Crippen LogP contribution in [0.4, 0.5) is 0 Å². The number of rotatable bonds is 3. The van der Waals surface area contributed by atoms with Crippen LogP contribution in [0.1, 0.15) is 26.7 Å². The number of hydrogen-bond acceptors (Lipinski definition) is 3. The highest BCUT2D eigenvalue weighted by molar-refractivity contribution is 4.92. The van der Waals surface area contributed by atoms with Crippen molar-refractivity contribution < 1.29 is 0 Å². The first kappa shape index (κ1) is 12.3. The third kappa shape index (κ3) is 2.41. The van der Waals surface area contributed by atoms with Crippen molar-refractivity contribution in [1.82, 2.24) is 15.1 Å². The summed E-state index contributed by atoms with van der Waals surface area (Å²) < 4.78 is 0. The van der Waals surface area contributed by atoms with Crippen LogP contribution < -0.4 is 5.32 Å². The van der Waals surface area contributed by atoms with Crippen LogP contribution in [0.3, 0.4) is 0 Å². The lowest BCUT2D eigenvalue weighted by Crippen LogP contribution is -2.55. The molecule has 0 aliphatic carbocycles. The number of likely N-dealkylation sites (N-methyl/N-ethyl adjacent to an activating group) is 1. The van der Waals surface area contributed by atoms with Crippen molar-refractivity contribution >= 4 is 0 Å². The van der Waals surface area contributed by atoms with Crippen LogP contribution >= 0.6 is 0 Å². The molecule has 3 atom stereocenters. The molecule has 3 nitrogen and oxygen atoms in total. The maximum Gasteiger partial charge on any atom is 0.0262 e. The molecule has 2 rings (SSSR count). The number of nitrogens with one attached hydrogen (secondary N) is 1. The van der Waals surface area contributed by atoms with Gasteiger partial charge in [0.1, 0.15) is 0 Å². The first-order valence-corrected chi connectivity index (χ1v) is 6.91. The van der Waals surface area contributed by atoms with Crippen molar-refractivity contribution in [1.29, 1.82) is 0 Å². The molecule has 0 spiro atoms. The van der Waals surface area contributed by atoms with Gasteiger partial charge in [-0.15, -0.1) is 0 Å². The van der Waals surface area contributed by atoms with Crippen LogP contribution in [0.25, 0.3) is 0 Å². The lowest BCUT2D eigenvalue weighted by atomic mass is 9.97. The van der Waals surface area contributed by atoms with E-state index in [1.165, 1.54) is 45.6 Å². The molecule has 0 aromatic heterocycles.